The van der Waals surface area contributed by atoms with Crippen molar-refractivity contribution in [3.63, 3.8) is 0 Å². The molecule has 0 spiro atoms. The number of aliphatic carboxylic acids is 1. The summed E-state index contributed by atoms with van der Waals surface area (Å²) >= 11 is 0. The Morgan fingerprint density at radius 2 is 2.27 bits per heavy atom. The van der Waals surface area contributed by atoms with Crippen LogP contribution >= 0.6 is 0 Å². The molecule has 2 atom stereocenters. The van der Waals surface area contributed by atoms with E-state index in [0.717, 1.165) is 19.3 Å². The van der Waals surface area contributed by atoms with Gasteiger partial charge in [-0.3, -0.25) is 10.1 Å². The third-order valence-electron chi connectivity index (χ3n) is 3.34. The van der Waals surface area contributed by atoms with Crippen LogP contribution in [0.3, 0.4) is 0 Å². The van der Waals surface area contributed by atoms with Crippen LogP contribution in [0.4, 0.5) is 0 Å². The summed E-state index contributed by atoms with van der Waals surface area (Å²) in [5.74, 6) is -0.711. The van der Waals surface area contributed by atoms with Gasteiger partial charge in [0.05, 0.1) is 6.10 Å². The van der Waals surface area contributed by atoms with E-state index in [2.05, 4.69) is 5.32 Å². The molecule has 15 heavy (non-hydrogen) atoms. The topological polar surface area (TPSA) is 58.6 Å². The van der Waals surface area contributed by atoms with Gasteiger partial charge in [-0.2, -0.15) is 0 Å². The zero-order valence-corrected chi connectivity index (χ0v) is 9.16. The highest BCUT2D eigenvalue weighted by atomic mass is 16.5. The van der Waals surface area contributed by atoms with Crippen molar-refractivity contribution in [1.29, 1.82) is 0 Å². The molecule has 0 aliphatic heterocycles. The summed E-state index contributed by atoms with van der Waals surface area (Å²) in [6.45, 7) is 2.62. The van der Waals surface area contributed by atoms with Crippen LogP contribution < -0.4 is 5.32 Å². The van der Waals surface area contributed by atoms with E-state index >= 15 is 0 Å². The fraction of sp³-hybridized carbons (Fsp3) is 0.909. The van der Waals surface area contributed by atoms with E-state index < -0.39 is 11.5 Å². The number of carboxylic acids is 1. The van der Waals surface area contributed by atoms with Crippen molar-refractivity contribution < 1.29 is 14.6 Å². The minimum absolute atomic E-state index is 0.123. The SMILES string of the molecule is CCOC1CCC(NC2CC2)(C(=O)O)C1. The largest absolute Gasteiger partial charge is 0.480 e. The molecule has 0 heterocycles. The fourth-order valence-electron chi connectivity index (χ4n) is 2.38. The Bertz CT molecular complexity index is 252. The van der Waals surface area contributed by atoms with Gasteiger partial charge in [0.1, 0.15) is 5.54 Å². The molecule has 2 aliphatic carbocycles. The predicted molar refractivity (Wildman–Crippen MR) is 55.8 cm³/mol. The first-order chi connectivity index (χ1) is 7.16. The molecular weight excluding hydrogens is 194 g/mol. The van der Waals surface area contributed by atoms with E-state index in [4.69, 9.17) is 4.74 Å². The van der Waals surface area contributed by atoms with Gasteiger partial charge in [-0.1, -0.05) is 0 Å². The maximum atomic E-state index is 11.3. The Hall–Kier alpha value is -0.610. The molecule has 0 amide bonds. The van der Waals surface area contributed by atoms with E-state index in [1.54, 1.807) is 0 Å². The Morgan fingerprint density at radius 1 is 1.53 bits per heavy atom. The van der Waals surface area contributed by atoms with E-state index in [-0.39, 0.29) is 6.10 Å². The number of hydrogen-bond donors (Lipinski definition) is 2. The molecular formula is C11H19NO3. The Balaban J connectivity index is 1.97. The van der Waals surface area contributed by atoms with Crippen molar-refractivity contribution in [3.05, 3.63) is 0 Å². The van der Waals surface area contributed by atoms with Crippen LogP contribution in [0.25, 0.3) is 0 Å². The zero-order valence-electron chi connectivity index (χ0n) is 9.16. The summed E-state index contributed by atoms with van der Waals surface area (Å²) in [6.07, 6.45) is 4.54. The molecule has 2 fully saturated rings. The van der Waals surface area contributed by atoms with Gasteiger partial charge in [-0.05, 0) is 32.6 Å². The molecule has 4 heteroatoms. The molecule has 2 N–H and O–H groups in total. The summed E-state index contributed by atoms with van der Waals surface area (Å²) in [7, 11) is 0. The second-order valence-corrected chi connectivity index (χ2v) is 4.63. The zero-order chi connectivity index (χ0) is 10.9. The van der Waals surface area contributed by atoms with Gasteiger partial charge in [0.2, 0.25) is 0 Å². The summed E-state index contributed by atoms with van der Waals surface area (Å²) < 4.78 is 5.51. The summed E-state index contributed by atoms with van der Waals surface area (Å²) in [5.41, 5.74) is -0.707. The molecule has 2 unspecified atom stereocenters. The Kier molecular flexibility index (Phi) is 2.98. The highest BCUT2D eigenvalue weighted by Gasteiger charge is 2.48. The Labute approximate surface area is 90.0 Å². The standard InChI is InChI=1S/C11H19NO3/c1-2-15-9-5-6-11(7-9,10(13)14)12-8-3-4-8/h8-9,12H,2-7H2,1H3,(H,13,14). The predicted octanol–water partition coefficient (Wildman–Crippen LogP) is 1.15. The van der Waals surface area contributed by atoms with Gasteiger partial charge >= 0.3 is 5.97 Å². The first-order valence-electron chi connectivity index (χ1n) is 5.79. The quantitative estimate of drug-likeness (QED) is 0.719. The lowest BCUT2D eigenvalue weighted by molar-refractivity contribution is -0.145. The van der Waals surface area contributed by atoms with Crippen LogP contribution in [-0.4, -0.2) is 35.4 Å². The van der Waals surface area contributed by atoms with Crippen LogP contribution in [-0.2, 0) is 9.53 Å². The number of carbonyl (C=O) groups is 1. The van der Waals surface area contributed by atoms with Crippen molar-refractivity contribution in [3.8, 4) is 0 Å². The highest BCUT2D eigenvalue weighted by molar-refractivity contribution is 5.79. The number of hydrogen-bond acceptors (Lipinski definition) is 3. The molecule has 0 bridgehead atoms. The van der Waals surface area contributed by atoms with Crippen LogP contribution in [0, 0.1) is 0 Å². The summed E-state index contributed by atoms with van der Waals surface area (Å²) in [6, 6.07) is 0.432. The minimum Gasteiger partial charge on any atom is -0.480 e. The second-order valence-electron chi connectivity index (χ2n) is 4.63. The van der Waals surface area contributed by atoms with Crippen molar-refractivity contribution in [2.24, 2.45) is 0 Å². The first kappa shape index (κ1) is 10.9. The number of rotatable bonds is 5. The van der Waals surface area contributed by atoms with E-state index in [9.17, 15) is 9.90 Å². The molecule has 2 rings (SSSR count). The van der Waals surface area contributed by atoms with E-state index in [1.165, 1.54) is 0 Å². The van der Waals surface area contributed by atoms with Crippen molar-refractivity contribution in [1.82, 2.24) is 5.32 Å². The van der Waals surface area contributed by atoms with Crippen molar-refractivity contribution in [2.75, 3.05) is 6.61 Å². The molecule has 0 radical (unpaired) electrons. The average Bonchev–Trinajstić information content (AvgIpc) is 2.88. The third kappa shape index (κ3) is 2.32. The van der Waals surface area contributed by atoms with Gasteiger partial charge in [0, 0.05) is 19.1 Å². The molecule has 0 aromatic rings. The van der Waals surface area contributed by atoms with Gasteiger partial charge in [0.15, 0.2) is 0 Å². The molecule has 0 aromatic carbocycles. The lowest BCUT2D eigenvalue weighted by Crippen LogP contribution is -2.51. The first-order valence-corrected chi connectivity index (χ1v) is 5.79. The maximum Gasteiger partial charge on any atom is 0.324 e. The Morgan fingerprint density at radius 3 is 2.80 bits per heavy atom. The molecule has 4 nitrogen and oxygen atoms in total. The molecule has 86 valence electrons. The summed E-state index contributed by atoms with van der Waals surface area (Å²) in [4.78, 5) is 11.3. The molecule has 0 aromatic heterocycles. The third-order valence-corrected chi connectivity index (χ3v) is 3.34. The summed E-state index contributed by atoms with van der Waals surface area (Å²) in [5, 5.41) is 12.6. The lowest BCUT2D eigenvalue weighted by atomic mass is 9.97. The van der Waals surface area contributed by atoms with Gasteiger partial charge in [0.25, 0.3) is 0 Å². The molecule has 0 saturated heterocycles. The van der Waals surface area contributed by atoms with Crippen LogP contribution in [0.1, 0.15) is 39.0 Å². The lowest BCUT2D eigenvalue weighted by Gasteiger charge is -2.25. The smallest absolute Gasteiger partial charge is 0.324 e. The average molecular weight is 213 g/mol. The van der Waals surface area contributed by atoms with E-state index in [1.807, 2.05) is 6.92 Å². The van der Waals surface area contributed by atoms with Crippen LogP contribution in [0.5, 0.6) is 0 Å². The van der Waals surface area contributed by atoms with Gasteiger partial charge < -0.3 is 9.84 Å². The van der Waals surface area contributed by atoms with E-state index in [0.29, 0.717) is 25.5 Å². The van der Waals surface area contributed by atoms with Crippen LogP contribution in [0.2, 0.25) is 0 Å². The molecule has 2 saturated carbocycles. The number of ether oxygens (including phenoxy) is 1. The number of carboxylic acid groups (broad SMARTS) is 1. The molecule has 2 aliphatic rings. The normalized spacial score (nSPS) is 35.7. The second kappa shape index (κ2) is 4.10. The minimum atomic E-state index is -0.711. The van der Waals surface area contributed by atoms with Gasteiger partial charge in [-0.25, -0.2) is 0 Å². The van der Waals surface area contributed by atoms with Gasteiger partial charge in [-0.15, -0.1) is 0 Å². The monoisotopic (exact) mass is 213 g/mol. The maximum absolute atomic E-state index is 11.3. The number of nitrogens with one attached hydrogen (secondary N) is 1. The van der Waals surface area contributed by atoms with Crippen molar-refractivity contribution in [2.45, 2.75) is 56.7 Å². The van der Waals surface area contributed by atoms with Crippen LogP contribution in [0.15, 0.2) is 0 Å². The van der Waals surface area contributed by atoms with Crippen molar-refractivity contribution >= 4 is 5.97 Å². The highest BCUT2D eigenvalue weighted by Crippen LogP contribution is 2.35. The fourth-order valence-corrected chi connectivity index (χ4v) is 2.38.